The number of hydrogen-bond acceptors (Lipinski definition) is 1. The lowest BCUT2D eigenvalue weighted by atomic mass is 9.54. The first-order chi connectivity index (χ1) is 7.31. The molecule has 0 amide bonds. The van der Waals surface area contributed by atoms with Crippen LogP contribution in [0.4, 0.5) is 0 Å². The van der Waals surface area contributed by atoms with E-state index in [0.717, 1.165) is 17.9 Å². The molecule has 2 fully saturated rings. The van der Waals surface area contributed by atoms with E-state index in [1.165, 1.54) is 25.7 Å². The van der Waals surface area contributed by atoms with Crippen molar-refractivity contribution in [2.45, 2.75) is 37.7 Å². The molecule has 0 saturated heterocycles. The van der Waals surface area contributed by atoms with E-state index in [9.17, 15) is 5.11 Å². The number of hydrogen-bond donors (Lipinski definition) is 1. The van der Waals surface area contributed by atoms with Crippen LogP contribution in [0.2, 0.25) is 0 Å². The van der Waals surface area contributed by atoms with Gasteiger partial charge in [-0.1, -0.05) is 43.2 Å². The first kappa shape index (κ1) is 9.41. The standard InChI is InChI=1S/C14H18O/c15-14(12-7-2-1-3-8-12)10-11-6-4-5-9-13(11)14/h1-3,7-8,11,13,15H,4-6,9-10H2/t11-,13-,14?/m0/s1. The molecule has 0 spiro atoms. The maximum absolute atomic E-state index is 10.7. The summed E-state index contributed by atoms with van der Waals surface area (Å²) in [5, 5.41) is 10.7. The summed E-state index contributed by atoms with van der Waals surface area (Å²) in [6.45, 7) is 0. The second-order valence-corrected chi connectivity index (χ2v) is 5.15. The van der Waals surface area contributed by atoms with Gasteiger partial charge in [0.05, 0.1) is 5.60 Å². The quantitative estimate of drug-likeness (QED) is 0.742. The van der Waals surface area contributed by atoms with Gasteiger partial charge in [-0.3, -0.25) is 0 Å². The molecular formula is C14H18O. The monoisotopic (exact) mass is 202 g/mol. The summed E-state index contributed by atoms with van der Waals surface area (Å²) in [6.07, 6.45) is 6.21. The van der Waals surface area contributed by atoms with E-state index in [4.69, 9.17) is 0 Å². The highest BCUT2D eigenvalue weighted by Crippen LogP contribution is 2.56. The molecule has 0 bridgehead atoms. The molecule has 1 aromatic rings. The van der Waals surface area contributed by atoms with Crippen LogP contribution in [0.1, 0.15) is 37.7 Å². The molecule has 1 aromatic carbocycles. The van der Waals surface area contributed by atoms with Crippen LogP contribution in [0, 0.1) is 11.8 Å². The van der Waals surface area contributed by atoms with Crippen LogP contribution in [0.3, 0.4) is 0 Å². The third kappa shape index (κ3) is 1.33. The summed E-state index contributed by atoms with van der Waals surface area (Å²) in [5.74, 6) is 1.33. The fourth-order valence-electron chi connectivity index (χ4n) is 3.53. The summed E-state index contributed by atoms with van der Waals surface area (Å²) < 4.78 is 0. The Morgan fingerprint density at radius 3 is 2.53 bits per heavy atom. The Morgan fingerprint density at radius 2 is 1.80 bits per heavy atom. The minimum Gasteiger partial charge on any atom is -0.385 e. The van der Waals surface area contributed by atoms with Gasteiger partial charge in [0, 0.05) is 0 Å². The van der Waals surface area contributed by atoms with Crippen LogP contribution < -0.4 is 0 Å². The predicted molar refractivity (Wildman–Crippen MR) is 60.4 cm³/mol. The molecule has 0 radical (unpaired) electrons. The lowest BCUT2D eigenvalue weighted by Gasteiger charge is -2.54. The zero-order valence-corrected chi connectivity index (χ0v) is 9.02. The Balaban J connectivity index is 1.87. The summed E-state index contributed by atoms with van der Waals surface area (Å²) in [4.78, 5) is 0. The van der Waals surface area contributed by atoms with Crippen LogP contribution in [0.15, 0.2) is 30.3 Å². The molecule has 3 atom stereocenters. The van der Waals surface area contributed by atoms with Gasteiger partial charge < -0.3 is 5.11 Å². The lowest BCUT2D eigenvalue weighted by Crippen LogP contribution is -2.52. The van der Waals surface area contributed by atoms with E-state index >= 15 is 0 Å². The third-order valence-corrected chi connectivity index (χ3v) is 4.37. The van der Waals surface area contributed by atoms with Crippen molar-refractivity contribution in [2.24, 2.45) is 11.8 Å². The van der Waals surface area contributed by atoms with Gasteiger partial charge in [-0.2, -0.15) is 0 Å². The fraction of sp³-hybridized carbons (Fsp3) is 0.571. The summed E-state index contributed by atoms with van der Waals surface area (Å²) in [5.41, 5.74) is 0.639. The maximum atomic E-state index is 10.7. The van der Waals surface area contributed by atoms with E-state index in [1.54, 1.807) is 0 Å². The van der Waals surface area contributed by atoms with Crippen LogP contribution >= 0.6 is 0 Å². The van der Waals surface area contributed by atoms with E-state index < -0.39 is 5.60 Å². The number of rotatable bonds is 1. The zero-order chi connectivity index (χ0) is 10.3. The highest BCUT2D eigenvalue weighted by Gasteiger charge is 2.53. The molecule has 1 nitrogen and oxygen atoms in total. The molecule has 2 aliphatic carbocycles. The Bertz CT molecular complexity index is 346. The summed E-state index contributed by atoms with van der Waals surface area (Å²) in [6, 6.07) is 10.2. The van der Waals surface area contributed by atoms with Gasteiger partial charge in [0.2, 0.25) is 0 Å². The van der Waals surface area contributed by atoms with Gasteiger partial charge in [-0.15, -0.1) is 0 Å². The average molecular weight is 202 g/mol. The Kier molecular flexibility index (Phi) is 2.10. The molecule has 1 N–H and O–H groups in total. The summed E-state index contributed by atoms with van der Waals surface area (Å²) >= 11 is 0. The average Bonchev–Trinajstić information content (AvgIpc) is 2.29. The van der Waals surface area contributed by atoms with Crippen LogP contribution in [-0.4, -0.2) is 5.11 Å². The molecule has 80 valence electrons. The second-order valence-electron chi connectivity index (χ2n) is 5.15. The van der Waals surface area contributed by atoms with Crippen molar-refractivity contribution >= 4 is 0 Å². The van der Waals surface area contributed by atoms with Gasteiger partial charge in [0.15, 0.2) is 0 Å². The van der Waals surface area contributed by atoms with Gasteiger partial charge in [-0.05, 0) is 36.7 Å². The van der Waals surface area contributed by atoms with Crippen LogP contribution in [0.5, 0.6) is 0 Å². The zero-order valence-electron chi connectivity index (χ0n) is 9.02. The topological polar surface area (TPSA) is 20.2 Å². The van der Waals surface area contributed by atoms with Gasteiger partial charge in [0.1, 0.15) is 0 Å². The van der Waals surface area contributed by atoms with Crippen molar-refractivity contribution in [1.82, 2.24) is 0 Å². The van der Waals surface area contributed by atoms with E-state index in [2.05, 4.69) is 12.1 Å². The molecule has 0 heterocycles. The minimum atomic E-state index is -0.494. The van der Waals surface area contributed by atoms with Crippen molar-refractivity contribution in [3.8, 4) is 0 Å². The Labute approximate surface area is 91.1 Å². The maximum Gasteiger partial charge on any atom is 0.0930 e. The predicted octanol–water partition coefficient (Wildman–Crippen LogP) is 3.08. The molecule has 1 unspecified atom stereocenters. The lowest BCUT2D eigenvalue weighted by molar-refractivity contribution is -0.161. The molecule has 0 aliphatic heterocycles. The number of benzene rings is 1. The largest absolute Gasteiger partial charge is 0.385 e. The van der Waals surface area contributed by atoms with Crippen LogP contribution in [0.25, 0.3) is 0 Å². The van der Waals surface area contributed by atoms with E-state index in [1.807, 2.05) is 18.2 Å². The van der Waals surface area contributed by atoms with Crippen molar-refractivity contribution < 1.29 is 5.11 Å². The first-order valence-electron chi connectivity index (χ1n) is 6.08. The van der Waals surface area contributed by atoms with Crippen molar-refractivity contribution in [3.63, 3.8) is 0 Å². The van der Waals surface area contributed by atoms with Crippen molar-refractivity contribution in [3.05, 3.63) is 35.9 Å². The number of fused-ring (bicyclic) bond motifs is 1. The Hall–Kier alpha value is -0.820. The highest BCUT2D eigenvalue weighted by molar-refractivity contribution is 5.27. The molecule has 2 saturated carbocycles. The first-order valence-corrected chi connectivity index (χ1v) is 6.08. The van der Waals surface area contributed by atoms with Crippen molar-refractivity contribution in [1.29, 1.82) is 0 Å². The molecular weight excluding hydrogens is 184 g/mol. The molecule has 2 aliphatic rings. The van der Waals surface area contributed by atoms with Crippen molar-refractivity contribution in [2.75, 3.05) is 0 Å². The second kappa shape index (κ2) is 3.34. The van der Waals surface area contributed by atoms with Gasteiger partial charge in [-0.25, -0.2) is 0 Å². The molecule has 0 aromatic heterocycles. The van der Waals surface area contributed by atoms with Gasteiger partial charge >= 0.3 is 0 Å². The van der Waals surface area contributed by atoms with E-state index in [-0.39, 0.29) is 0 Å². The molecule has 3 rings (SSSR count). The highest BCUT2D eigenvalue weighted by atomic mass is 16.3. The number of aliphatic hydroxyl groups is 1. The normalized spacial score (nSPS) is 39.3. The van der Waals surface area contributed by atoms with Gasteiger partial charge in [0.25, 0.3) is 0 Å². The Morgan fingerprint density at radius 1 is 1.07 bits per heavy atom. The minimum absolute atomic E-state index is 0.494. The smallest absolute Gasteiger partial charge is 0.0930 e. The van der Waals surface area contributed by atoms with Crippen LogP contribution in [-0.2, 0) is 5.60 Å². The van der Waals surface area contributed by atoms with E-state index in [0.29, 0.717) is 5.92 Å². The summed E-state index contributed by atoms with van der Waals surface area (Å²) in [7, 11) is 0. The molecule has 1 heteroatoms. The fourth-order valence-corrected chi connectivity index (χ4v) is 3.53. The molecule has 15 heavy (non-hydrogen) atoms. The third-order valence-electron chi connectivity index (χ3n) is 4.37. The SMILES string of the molecule is OC1(c2ccccc2)C[C@@H]2CCCC[C@@H]21.